The molecule has 3 rings (SSSR count). The van der Waals surface area contributed by atoms with E-state index in [4.69, 9.17) is 0 Å². The maximum atomic E-state index is 13.6. The standard InChI is InChI=1S/C21H27FN2O5/c22-16-6-4-5-15(11-16)12-21(20(28)29)14-24(10-8-17(21)25)19(27)13-23-9-3-1-2-7-18(23)26/h4-6,11,17,25H,1-3,7-10,12-14H2,(H,28,29)/t17-,21+/m0/s1. The number of carboxylic acid groups (broad SMARTS) is 1. The number of aliphatic hydroxyl groups is 1. The fourth-order valence-corrected chi connectivity index (χ4v) is 4.23. The van der Waals surface area contributed by atoms with Crippen molar-refractivity contribution < 1.29 is 29.0 Å². The Bertz CT molecular complexity index is 786. The molecule has 0 unspecified atom stereocenters. The number of nitrogens with zero attached hydrogens (tertiary/aromatic N) is 2. The molecule has 2 N–H and O–H groups in total. The number of carbonyl (C=O) groups is 3. The van der Waals surface area contributed by atoms with Gasteiger partial charge in [0.15, 0.2) is 0 Å². The number of carboxylic acids is 1. The molecule has 7 nitrogen and oxygen atoms in total. The summed E-state index contributed by atoms with van der Waals surface area (Å²) in [5.74, 6) is -2.09. The van der Waals surface area contributed by atoms with Crippen LogP contribution in [0.25, 0.3) is 0 Å². The highest BCUT2D eigenvalue weighted by atomic mass is 19.1. The third kappa shape index (κ3) is 4.75. The van der Waals surface area contributed by atoms with Crippen LogP contribution in [0.1, 0.15) is 37.7 Å². The molecule has 2 fully saturated rings. The average molecular weight is 406 g/mol. The predicted molar refractivity (Wildman–Crippen MR) is 102 cm³/mol. The zero-order valence-electron chi connectivity index (χ0n) is 16.3. The largest absolute Gasteiger partial charge is 0.481 e. The number of piperidine rings is 1. The highest BCUT2D eigenvalue weighted by Crippen LogP contribution is 2.35. The van der Waals surface area contributed by atoms with E-state index in [0.717, 1.165) is 19.3 Å². The number of hydrogen-bond donors (Lipinski definition) is 2. The quantitative estimate of drug-likeness (QED) is 0.771. The van der Waals surface area contributed by atoms with Crippen LogP contribution in [0.2, 0.25) is 0 Å². The number of rotatable bonds is 5. The van der Waals surface area contributed by atoms with Crippen molar-refractivity contribution in [3.05, 3.63) is 35.6 Å². The van der Waals surface area contributed by atoms with Crippen LogP contribution in [0.3, 0.4) is 0 Å². The molecule has 2 amide bonds. The lowest BCUT2D eigenvalue weighted by molar-refractivity contribution is -0.166. The van der Waals surface area contributed by atoms with Gasteiger partial charge in [-0.15, -0.1) is 0 Å². The molecular formula is C21H27FN2O5. The molecule has 2 heterocycles. The molecule has 2 atom stereocenters. The van der Waals surface area contributed by atoms with Gasteiger partial charge >= 0.3 is 5.97 Å². The van der Waals surface area contributed by atoms with Crippen LogP contribution in [-0.4, -0.2) is 70.1 Å². The number of hydrogen-bond acceptors (Lipinski definition) is 4. The van der Waals surface area contributed by atoms with Gasteiger partial charge in [-0.1, -0.05) is 18.6 Å². The lowest BCUT2D eigenvalue weighted by atomic mass is 9.72. The minimum Gasteiger partial charge on any atom is -0.481 e. The summed E-state index contributed by atoms with van der Waals surface area (Å²) in [7, 11) is 0. The van der Waals surface area contributed by atoms with E-state index in [0.29, 0.717) is 18.5 Å². The summed E-state index contributed by atoms with van der Waals surface area (Å²) in [6.07, 6.45) is 1.89. The molecule has 2 saturated heterocycles. The van der Waals surface area contributed by atoms with E-state index in [2.05, 4.69) is 0 Å². The normalized spacial score (nSPS) is 25.6. The Hall–Kier alpha value is -2.48. The van der Waals surface area contributed by atoms with Crippen molar-refractivity contribution in [1.29, 1.82) is 0 Å². The van der Waals surface area contributed by atoms with Crippen molar-refractivity contribution >= 4 is 17.8 Å². The molecule has 29 heavy (non-hydrogen) atoms. The summed E-state index contributed by atoms with van der Waals surface area (Å²) in [5, 5.41) is 20.5. The Balaban J connectivity index is 1.77. The topological polar surface area (TPSA) is 98.2 Å². The van der Waals surface area contributed by atoms with Gasteiger partial charge in [0.1, 0.15) is 11.2 Å². The third-order valence-electron chi connectivity index (χ3n) is 5.97. The number of amides is 2. The number of likely N-dealkylation sites (tertiary alicyclic amines) is 2. The van der Waals surface area contributed by atoms with Gasteiger partial charge in [0.25, 0.3) is 0 Å². The maximum absolute atomic E-state index is 13.6. The number of halogens is 1. The van der Waals surface area contributed by atoms with E-state index in [1.54, 1.807) is 6.07 Å². The second-order valence-corrected chi connectivity index (χ2v) is 8.01. The Kier molecular flexibility index (Phi) is 6.52. The van der Waals surface area contributed by atoms with Crippen LogP contribution >= 0.6 is 0 Å². The van der Waals surface area contributed by atoms with Gasteiger partial charge in [-0.05, 0) is 43.4 Å². The first-order valence-corrected chi connectivity index (χ1v) is 10.0. The van der Waals surface area contributed by atoms with Crippen LogP contribution in [0.4, 0.5) is 4.39 Å². The Morgan fingerprint density at radius 2 is 2.00 bits per heavy atom. The smallest absolute Gasteiger partial charge is 0.314 e. The van der Waals surface area contributed by atoms with Crippen LogP contribution < -0.4 is 0 Å². The first-order valence-electron chi connectivity index (χ1n) is 10.0. The van der Waals surface area contributed by atoms with Crippen LogP contribution in [-0.2, 0) is 20.8 Å². The van der Waals surface area contributed by atoms with Crippen LogP contribution in [0, 0.1) is 11.2 Å². The molecule has 0 spiro atoms. The predicted octanol–water partition coefficient (Wildman–Crippen LogP) is 1.43. The molecule has 0 bridgehead atoms. The Morgan fingerprint density at radius 3 is 2.72 bits per heavy atom. The van der Waals surface area contributed by atoms with Gasteiger partial charge < -0.3 is 20.0 Å². The molecule has 2 aliphatic heterocycles. The minimum absolute atomic E-state index is 0.0582. The monoisotopic (exact) mass is 406 g/mol. The summed E-state index contributed by atoms with van der Waals surface area (Å²) in [5.41, 5.74) is -1.17. The van der Waals surface area contributed by atoms with Crippen molar-refractivity contribution in [2.24, 2.45) is 5.41 Å². The SMILES string of the molecule is O=C1CCCCCN1CC(=O)N1CC[C@H](O)[C@](Cc2cccc(F)c2)(C(=O)O)C1. The average Bonchev–Trinajstić information content (AvgIpc) is 2.87. The number of aliphatic carboxylic acids is 1. The second kappa shape index (κ2) is 8.90. The second-order valence-electron chi connectivity index (χ2n) is 8.01. The fourth-order valence-electron chi connectivity index (χ4n) is 4.23. The summed E-state index contributed by atoms with van der Waals surface area (Å²) in [6, 6.07) is 5.61. The summed E-state index contributed by atoms with van der Waals surface area (Å²) < 4.78 is 13.6. The highest BCUT2D eigenvalue weighted by molar-refractivity contribution is 5.86. The van der Waals surface area contributed by atoms with Crippen molar-refractivity contribution in [3.8, 4) is 0 Å². The van der Waals surface area contributed by atoms with Crippen molar-refractivity contribution in [1.82, 2.24) is 9.80 Å². The van der Waals surface area contributed by atoms with E-state index >= 15 is 0 Å². The lowest BCUT2D eigenvalue weighted by Gasteiger charge is -2.43. The number of aliphatic hydroxyl groups excluding tert-OH is 1. The zero-order chi connectivity index (χ0) is 21.0. The van der Waals surface area contributed by atoms with Gasteiger partial charge in [0.05, 0.1) is 12.6 Å². The highest BCUT2D eigenvalue weighted by Gasteiger charge is 2.50. The number of benzene rings is 1. The van der Waals surface area contributed by atoms with E-state index in [1.807, 2.05) is 0 Å². The zero-order valence-corrected chi connectivity index (χ0v) is 16.3. The lowest BCUT2D eigenvalue weighted by Crippen LogP contribution is -2.59. The minimum atomic E-state index is -1.62. The number of carbonyl (C=O) groups excluding carboxylic acids is 2. The van der Waals surface area contributed by atoms with Gasteiger partial charge in [0, 0.05) is 26.1 Å². The molecule has 0 radical (unpaired) electrons. The van der Waals surface area contributed by atoms with Gasteiger partial charge in [-0.2, -0.15) is 0 Å². The first-order chi connectivity index (χ1) is 13.8. The first kappa shape index (κ1) is 21.2. The molecule has 8 heteroatoms. The summed E-state index contributed by atoms with van der Waals surface area (Å²) in [6.45, 7) is 0.486. The fraction of sp³-hybridized carbons (Fsp3) is 0.571. The maximum Gasteiger partial charge on any atom is 0.314 e. The van der Waals surface area contributed by atoms with Gasteiger partial charge in [0.2, 0.25) is 11.8 Å². The third-order valence-corrected chi connectivity index (χ3v) is 5.97. The van der Waals surface area contributed by atoms with Gasteiger partial charge in [-0.25, -0.2) is 4.39 Å². The molecule has 2 aliphatic rings. The van der Waals surface area contributed by atoms with Crippen molar-refractivity contribution in [3.63, 3.8) is 0 Å². The summed E-state index contributed by atoms with van der Waals surface area (Å²) >= 11 is 0. The molecule has 0 saturated carbocycles. The van der Waals surface area contributed by atoms with Crippen molar-refractivity contribution in [2.45, 2.75) is 44.6 Å². The van der Waals surface area contributed by atoms with Crippen LogP contribution in [0.5, 0.6) is 0 Å². The van der Waals surface area contributed by atoms with Crippen molar-refractivity contribution in [2.75, 3.05) is 26.2 Å². The van der Waals surface area contributed by atoms with E-state index in [9.17, 15) is 29.0 Å². The van der Waals surface area contributed by atoms with Crippen LogP contribution in [0.15, 0.2) is 24.3 Å². The Labute approximate surface area is 169 Å². The molecular weight excluding hydrogens is 379 g/mol. The molecule has 0 aromatic heterocycles. The molecule has 1 aromatic rings. The van der Waals surface area contributed by atoms with Gasteiger partial charge in [-0.3, -0.25) is 14.4 Å². The molecule has 0 aliphatic carbocycles. The Morgan fingerprint density at radius 1 is 1.21 bits per heavy atom. The van der Waals surface area contributed by atoms with E-state index < -0.39 is 23.3 Å². The van der Waals surface area contributed by atoms with E-state index in [1.165, 1.54) is 28.0 Å². The summed E-state index contributed by atoms with van der Waals surface area (Å²) in [4.78, 5) is 40.2. The van der Waals surface area contributed by atoms with E-state index in [-0.39, 0.29) is 44.3 Å². The molecule has 158 valence electrons. The molecule has 1 aromatic carbocycles.